The maximum atomic E-state index is 10.8. The smallest absolute Gasteiger partial charge is 0.226 e. The number of nitrogens with zero attached hydrogens (tertiary/aromatic N) is 2. The summed E-state index contributed by atoms with van der Waals surface area (Å²) >= 11 is 5.14. The van der Waals surface area contributed by atoms with Crippen LogP contribution >= 0.6 is 11.6 Å². The number of nitrogens with one attached hydrogen (secondary N) is 2. The zero-order chi connectivity index (χ0) is 9.03. The molecule has 0 radical (unpaired) electrons. The molecule has 12 heavy (non-hydrogen) atoms. The highest BCUT2D eigenvalue weighted by atomic mass is 35.5. The van der Waals surface area contributed by atoms with Gasteiger partial charge in [-0.1, -0.05) is 0 Å². The molecule has 1 heterocycles. The molecule has 1 aromatic heterocycles. The molecule has 1 rings (SSSR count). The monoisotopic (exact) mass is 210 g/mol. The fraction of sp³-hybridized carbons (Fsp3) is 0.500. The summed E-state index contributed by atoms with van der Waals surface area (Å²) in [5.74, 6) is 0.448. The minimum Gasteiger partial charge on any atom is -0.262 e. The summed E-state index contributed by atoms with van der Waals surface area (Å²) < 4.78 is 23.8. The first-order valence-electron chi connectivity index (χ1n) is 3.01. The van der Waals surface area contributed by atoms with Gasteiger partial charge >= 0.3 is 0 Å². The molecule has 8 heteroatoms. The molecule has 1 aromatic rings. The molecule has 2 N–H and O–H groups in total. The summed E-state index contributed by atoms with van der Waals surface area (Å²) in [6.07, 6.45) is 1.30. The van der Waals surface area contributed by atoms with Gasteiger partial charge in [0, 0.05) is 0 Å². The third-order valence-corrected chi connectivity index (χ3v) is 2.80. The lowest BCUT2D eigenvalue weighted by Gasteiger charge is -1.99. The van der Waals surface area contributed by atoms with Gasteiger partial charge in [0.05, 0.1) is 6.54 Å². The van der Waals surface area contributed by atoms with Crippen LogP contribution in [0.15, 0.2) is 6.33 Å². The minimum atomic E-state index is -3.37. The molecule has 0 aliphatic carbocycles. The van der Waals surface area contributed by atoms with E-state index in [1.54, 1.807) is 0 Å². The standard InChI is InChI=1S/C4H7ClN4O2S/c5-2-12(10,11)8-1-4-6-3-7-9-4/h3,8H,1-2H2,(H,6,7,9). The summed E-state index contributed by atoms with van der Waals surface area (Å²) in [7, 11) is -3.37. The Morgan fingerprint density at radius 3 is 2.92 bits per heavy atom. The molecule has 0 spiro atoms. The molecule has 0 fully saturated rings. The van der Waals surface area contributed by atoms with Crippen molar-refractivity contribution in [1.82, 2.24) is 19.9 Å². The zero-order valence-corrected chi connectivity index (χ0v) is 7.56. The van der Waals surface area contributed by atoms with Crippen LogP contribution in [0, 0.1) is 0 Å². The van der Waals surface area contributed by atoms with E-state index in [2.05, 4.69) is 19.9 Å². The third-order valence-electron chi connectivity index (χ3n) is 1.07. The van der Waals surface area contributed by atoms with Crippen molar-refractivity contribution >= 4 is 21.6 Å². The van der Waals surface area contributed by atoms with E-state index in [-0.39, 0.29) is 6.54 Å². The molecule has 0 unspecified atom stereocenters. The third kappa shape index (κ3) is 2.76. The second-order valence-corrected chi connectivity index (χ2v) is 4.37. The molecule has 0 saturated heterocycles. The average Bonchev–Trinajstić information content (AvgIpc) is 2.53. The van der Waals surface area contributed by atoms with Crippen LogP contribution in [0.3, 0.4) is 0 Å². The van der Waals surface area contributed by atoms with Crippen LogP contribution in [0.1, 0.15) is 5.82 Å². The van der Waals surface area contributed by atoms with Gasteiger partial charge in [0.2, 0.25) is 10.0 Å². The highest BCUT2D eigenvalue weighted by Crippen LogP contribution is 1.91. The van der Waals surface area contributed by atoms with Crippen molar-refractivity contribution in [3.05, 3.63) is 12.2 Å². The molecule has 0 atom stereocenters. The van der Waals surface area contributed by atoms with Crippen molar-refractivity contribution in [2.75, 3.05) is 5.21 Å². The van der Waals surface area contributed by atoms with Gasteiger partial charge in [0.25, 0.3) is 0 Å². The van der Waals surface area contributed by atoms with Crippen LogP contribution < -0.4 is 4.72 Å². The van der Waals surface area contributed by atoms with Crippen LogP contribution in [-0.2, 0) is 16.6 Å². The Kier molecular flexibility index (Phi) is 3.01. The summed E-state index contributed by atoms with van der Waals surface area (Å²) in [5.41, 5.74) is 0. The van der Waals surface area contributed by atoms with Crippen molar-refractivity contribution in [3.8, 4) is 0 Å². The Morgan fingerprint density at radius 1 is 1.67 bits per heavy atom. The number of rotatable bonds is 4. The Labute approximate surface area is 74.4 Å². The number of hydrogen-bond donors (Lipinski definition) is 2. The van der Waals surface area contributed by atoms with E-state index < -0.39 is 15.2 Å². The van der Waals surface area contributed by atoms with E-state index in [0.717, 1.165) is 0 Å². The molecule has 0 bridgehead atoms. The number of halogens is 1. The SMILES string of the molecule is O=S(=O)(CCl)NCc1ncn[nH]1. The lowest BCUT2D eigenvalue weighted by Crippen LogP contribution is -2.24. The number of H-pyrrole nitrogens is 1. The predicted octanol–water partition coefficient (Wildman–Crippen LogP) is -0.580. The van der Waals surface area contributed by atoms with Crippen molar-refractivity contribution in [2.24, 2.45) is 0 Å². The van der Waals surface area contributed by atoms with E-state index in [9.17, 15) is 8.42 Å². The maximum absolute atomic E-state index is 10.8. The molecule has 0 aromatic carbocycles. The van der Waals surface area contributed by atoms with Crippen molar-refractivity contribution in [1.29, 1.82) is 0 Å². The van der Waals surface area contributed by atoms with Gasteiger partial charge in [-0.25, -0.2) is 18.1 Å². The second kappa shape index (κ2) is 3.83. The molecule has 6 nitrogen and oxygen atoms in total. The van der Waals surface area contributed by atoms with E-state index in [0.29, 0.717) is 5.82 Å². The summed E-state index contributed by atoms with van der Waals surface area (Å²) in [6.45, 7) is 0.0784. The van der Waals surface area contributed by atoms with Gasteiger partial charge in [0.15, 0.2) is 0 Å². The summed E-state index contributed by atoms with van der Waals surface area (Å²) in [5, 5.41) is 5.59. The first-order valence-corrected chi connectivity index (χ1v) is 5.20. The van der Waals surface area contributed by atoms with Gasteiger partial charge in [-0.05, 0) is 0 Å². The van der Waals surface area contributed by atoms with Crippen LogP contribution in [0.5, 0.6) is 0 Å². The fourth-order valence-corrected chi connectivity index (χ4v) is 1.20. The van der Waals surface area contributed by atoms with Crippen LogP contribution in [0.4, 0.5) is 0 Å². The number of hydrogen-bond acceptors (Lipinski definition) is 4. The number of sulfonamides is 1. The lowest BCUT2D eigenvalue weighted by molar-refractivity contribution is 0.584. The van der Waals surface area contributed by atoms with Gasteiger partial charge in [0.1, 0.15) is 17.4 Å². The van der Waals surface area contributed by atoms with E-state index in [4.69, 9.17) is 11.6 Å². The second-order valence-electron chi connectivity index (χ2n) is 1.98. The Hall–Kier alpha value is -0.660. The van der Waals surface area contributed by atoms with Crippen LogP contribution in [0.25, 0.3) is 0 Å². The topological polar surface area (TPSA) is 87.7 Å². The zero-order valence-electron chi connectivity index (χ0n) is 5.99. The quantitative estimate of drug-likeness (QED) is 0.651. The normalized spacial score (nSPS) is 11.8. The Bertz CT molecular complexity index is 321. The number of aromatic amines is 1. The highest BCUT2D eigenvalue weighted by Gasteiger charge is 2.07. The van der Waals surface area contributed by atoms with Gasteiger partial charge in [-0.2, -0.15) is 5.10 Å². The molecule has 0 amide bonds. The Balaban J connectivity index is 2.47. The Morgan fingerprint density at radius 2 is 2.42 bits per heavy atom. The predicted molar refractivity (Wildman–Crippen MR) is 42.9 cm³/mol. The number of alkyl halides is 1. The van der Waals surface area contributed by atoms with Crippen LogP contribution in [-0.4, -0.2) is 28.8 Å². The molecule has 0 saturated carbocycles. The average molecular weight is 211 g/mol. The van der Waals surface area contributed by atoms with Crippen molar-refractivity contribution < 1.29 is 8.42 Å². The highest BCUT2D eigenvalue weighted by molar-refractivity contribution is 7.90. The van der Waals surface area contributed by atoms with E-state index >= 15 is 0 Å². The van der Waals surface area contributed by atoms with Crippen molar-refractivity contribution in [3.63, 3.8) is 0 Å². The van der Waals surface area contributed by atoms with Gasteiger partial charge in [-0.15, -0.1) is 11.6 Å². The van der Waals surface area contributed by atoms with Crippen LogP contribution in [0.2, 0.25) is 0 Å². The first-order chi connectivity index (χ1) is 5.64. The van der Waals surface area contributed by atoms with E-state index in [1.807, 2.05) is 0 Å². The minimum absolute atomic E-state index is 0.0784. The van der Waals surface area contributed by atoms with Gasteiger partial charge < -0.3 is 0 Å². The van der Waals surface area contributed by atoms with Crippen molar-refractivity contribution in [2.45, 2.75) is 6.54 Å². The fourth-order valence-electron chi connectivity index (χ4n) is 0.533. The number of aromatic nitrogens is 3. The molecular formula is C4H7ClN4O2S. The first kappa shape index (κ1) is 9.43. The molecule has 0 aliphatic heterocycles. The molecule has 0 aliphatic rings. The molecular weight excluding hydrogens is 204 g/mol. The van der Waals surface area contributed by atoms with E-state index in [1.165, 1.54) is 6.33 Å². The summed E-state index contributed by atoms with van der Waals surface area (Å²) in [6, 6.07) is 0. The van der Waals surface area contributed by atoms with Gasteiger partial charge in [-0.3, -0.25) is 5.10 Å². The largest absolute Gasteiger partial charge is 0.262 e. The summed E-state index contributed by atoms with van der Waals surface area (Å²) in [4.78, 5) is 3.72. The molecule has 68 valence electrons. The maximum Gasteiger partial charge on any atom is 0.226 e. The lowest BCUT2D eigenvalue weighted by atomic mass is 10.6.